The molecule has 1 saturated carbocycles. The maximum Gasteiger partial charge on any atom is 0.244 e. The fourth-order valence-electron chi connectivity index (χ4n) is 2.48. The van der Waals surface area contributed by atoms with Crippen LogP contribution in [0.2, 0.25) is 0 Å². The molecule has 1 unspecified atom stereocenters. The van der Waals surface area contributed by atoms with Gasteiger partial charge in [0.1, 0.15) is 0 Å². The maximum absolute atomic E-state index is 12.5. The first-order valence-corrected chi connectivity index (χ1v) is 7.68. The largest absolute Gasteiger partial charge is 0.324 e. The summed E-state index contributed by atoms with van der Waals surface area (Å²) < 4.78 is 0.130. The molecule has 1 aliphatic heterocycles. The lowest BCUT2D eigenvalue weighted by molar-refractivity contribution is -0.131. The molecule has 1 spiro atoms. The minimum absolute atomic E-state index is 0.130. The molecule has 0 radical (unpaired) electrons. The number of thioether (sulfide) groups is 1. The molecule has 3 nitrogen and oxygen atoms in total. The molecule has 1 N–H and O–H groups in total. The molecule has 1 atom stereocenters. The summed E-state index contributed by atoms with van der Waals surface area (Å²) >= 11 is 1.83. The highest BCUT2D eigenvalue weighted by atomic mass is 32.2. The molecule has 2 fully saturated rings. The van der Waals surface area contributed by atoms with Crippen LogP contribution in [0.4, 0.5) is 0 Å². The summed E-state index contributed by atoms with van der Waals surface area (Å²) in [5.41, 5.74) is -0.177. The third kappa shape index (κ3) is 2.34. The van der Waals surface area contributed by atoms with Crippen molar-refractivity contribution < 1.29 is 4.79 Å². The Morgan fingerprint density at radius 3 is 2.53 bits per heavy atom. The van der Waals surface area contributed by atoms with E-state index in [1.165, 1.54) is 0 Å². The zero-order valence-electron chi connectivity index (χ0n) is 11.5. The van der Waals surface area contributed by atoms with Crippen LogP contribution in [0.15, 0.2) is 0 Å². The van der Waals surface area contributed by atoms with Gasteiger partial charge in [0.05, 0.1) is 11.7 Å². The first-order chi connectivity index (χ1) is 7.81. The number of nitrogens with zero attached hydrogens (tertiary/aromatic N) is 1. The van der Waals surface area contributed by atoms with Gasteiger partial charge in [0.15, 0.2) is 0 Å². The lowest BCUT2D eigenvalue weighted by Gasteiger charge is -2.34. The van der Waals surface area contributed by atoms with Gasteiger partial charge in [-0.25, -0.2) is 0 Å². The van der Waals surface area contributed by atoms with Crippen LogP contribution in [0.25, 0.3) is 0 Å². The van der Waals surface area contributed by atoms with E-state index in [2.05, 4.69) is 44.2 Å². The van der Waals surface area contributed by atoms with E-state index in [4.69, 9.17) is 0 Å². The lowest BCUT2D eigenvalue weighted by atomic mass is 10.1. The van der Waals surface area contributed by atoms with Crippen LogP contribution in [-0.2, 0) is 4.79 Å². The Bertz CT molecular complexity index is 323. The van der Waals surface area contributed by atoms with E-state index in [9.17, 15) is 4.79 Å². The minimum atomic E-state index is -0.177. The second kappa shape index (κ2) is 4.16. The van der Waals surface area contributed by atoms with E-state index in [-0.39, 0.29) is 16.5 Å². The van der Waals surface area contributed by atoms with Crippen molar-refractivity contribution >= 4 is 17.7 Å². The molecular weight excluding hydrogens is 232 g/mol. The van der Waals surface area contributed by atoms with E-state index in [0.717, 1.165) is 19.4 Å². The zero-order valence-corrected chi connectivity index (χ0v) is 12.4. The summed E-state index contributed by atoms with van der Waals surface area (Å²) in [5.74, 6) is 0.801. The van der Waals surface area contributed by atoms with Gasteiger partial charge in [0.2, 0.25) is 5.91 Å². The Hall–Kier alpha value is -0.220. The van der Waals surface area contributed by atoms with E-state index < -0.39 is 0 Å². The molecule has 0 bridgehead atoms. The van der Waals surface area contributed by atoms with E-state index in [0.29, 0.717) is 11.8 Å². The van der Waals surface area contributed by atoms with E-state index in [1.54, 1.807) is 0 Å². The van der Waals surface area contributed by atoms with Crippen LogP contribution in [0.3, 0.4) is 0 Å². The average molecular weight is 256 g/mol. The van der Waals surface area contributed by atoms with Crippen LogP contribution >= 0.6 is 11.8 Å². The Labute approximate surface area is 109 Å². The normalized spacial score (nSPS) is 27.3. The fourth-order valence-corrected chi connectivity index (χ4v) is 2.75. The van der Waals surface area contributed by atoms with Gasteiger partial charge in [0, 0.05) is 11.3 Å². The molecule has 4 heteroatoms. The van der Waals surface area contributed by atoms with Gasteiger partial charge in [-0.05, 0) is 38.9 Å². The Morgan fingerprint density at radius 2 is 2.12 bits per heavy atom. The predicted octanol–water partition coefficient (Wildman–Crippen LogP) is 2.07. The summed E-state index contributed by atoms with van der Waals surface area (Å²) in [6, 6.07) is 0. The predicted molar refractivity (Wildman–Crippen MR) is 73.0 cm³/mol. The summed E-state index contributed by atoms with van der Waals surface area (Å²) in [6.45, 7) is 9.63. The van der Waals surface area contributed by atoms with Crippen molar-refractivity contribution in [3.8, 4) is 0 Å². The summed E-state index contributed by atoms with van der Waals surface area (Å²) in [4.78, 5) is 14.5. The van der Waals surface area contributed by atoms with Gasteiger partial charge >= 0.3 is 0 Å². The summed E-state index contributed by atoms with van der Waals surface area (Å²) in [6.07, 6.45) is 4.37. The summed E-state index contributed by atoms with van der Waals surface area (Å²) in [5, 5.41) is 3.55. The second-order valence-corrected chi connectivity index (χ2v) is 7.83. The third-order valence-corrected chi connectivity index (χ3v) is 5.15. The van der Waals surface area contributed by atoms with Crippen molar-refractivity contribution in [1.82, 2.24) is 10.2 Å². The average Bonchev–Trinajstić information content (AvgIpc) is 2.97. The SMILES string of the molecule is CSC(C)(C)CN1C(=O)C2(CC2)NC1C(C)C. The monoisotopic (exact) mass is 256 g/mol. The van der Waals surface area contributed by atoms with Gasteiger partial charge < -0.3 is 4.90 Å². The number of hydrogen-bond acceptors (Lipinski definition) is 3. The van der Waals surface area contributed by atoms with Gasteiger partial charge in [-0.1, -0.05) is 13.8 Å². The fraction of sp³-hybridized carbons (Fsp3) is 0.923. The number of amides is 1. The Morgan fingerprint density at radius 1 is 1.53 bits per heavy atom. The standard InChI is InChI=1S/C13H24N2OS/c1-9(2)10-14-13(6-7-13)11(16)15(10)8-12(3,4)17-5/h9-10,14H,6-8H2,1-5H3. The molecule has 0 aromatic heterocycles. The van der Waals surface area contributed by atoms with Crippen LogP contribution in [0.5, 0.6) is 0 Å². The van der Waals surface area contributed by atoms with E-state index >= 15 is 0 Å². The number of carbonyl (C=O) groups excluding carboxylic acids is 1. The molecular formula is C13H24N2OS. The molecule has 0 aromatic carbocycles. The molecule has 1 aliphatic carbocycles. The van der Waals surface area contributed by atoms with Crippen LogP contribution in [0.1, 0.15) is 40.5 Å². The van der Waals surface area contributed by atoms with Gasteiger partial charge in [0.25, 0.3) is 0 Å². The molecule has 17 heavy (non-hydrogen) atoms. The van der Waals surface area contributed by atoms with Crippen molar-refractivity contribution in [3.63, 3.8) is 0 Å². The molecule has 2 rings (SSSR count). The molecule has 1 heterocycles. The van der Waals surface area contributed by atoms with Crippen molar-refractivity contribution in [2.24, 2.45) is 5.92 Å². The van der Waals surface area contributed by atoms with Crippen LogP contribution in [0, 0.1) is 5.92 Å². The molecule has 1 saturated heterocycles. The highest BCUT2D eigenvalue weighted by molar-refractivity contribution is 7.99. The van der Waals surface area contributed by atoms with Gasteiger partial charge in [-0.2, -0.15) is 11.8 Å². The summed E-state index contributed by atoms with van der Waals surface area (Å²) in [7, 11) is 0. The highest BCUT2D eigenvalue weighted by Gasteiger charge is 2.59. The van der Waals surface area contributed by atoms with Crippen molar-refractivity contribution in [2.45, 2.75) is 57.0 Å². The van der Waals surface area contributed by atoms with Gasteiger partial charge in [-0.3, -0.25) is 10.1 Å². The zero-order chi connectivity index (χ0) is 12.8. The molecule has 2 aliphatic rings. The quantitative estimate of drug-likeness (QED) is 0.836. The second-order valence-electron chi connectivity index (χ2n) is 6.31. The van der Waals surface area contributed by atoms with Crippen molar-refractivity contribution in [1.29, 1.82) is 0 Å². The molecule has 98 valence electrons. The molecule has 1 amide bonds. The molecule has 0 aromatic rings. The number of hydrogen-bond donors (Lipinski definition) is 1. The van der Waals surface area contributed by atoms with Crippen LogP contribution in [-0.4, -0.2) is 40.1 Å². The number of rotatable bonds is 4. The van der Waals surface area contributed by atoms with Gasteiger partial charge in [-0.15, -0.1) is 0 Å². The van der Waals surface area contributed by atoms with Crippen molar-refractivity contribution in [3.05, 3.63) is 0 Å². The number of nitrogens with one attached hydrogen (secondary N) is 1. The first kappa shape index (κ1) is 13.2. The van der Waals surface area contributed by atoms with Crippen LogP contribution < -0.4 is 5.32 Å². The first-order valence-electron chi connectivity index (χ1n) is 6.45. The van der Waals surface area contributed by atoms with E-state index in [1.807, 2.05) is 11.8 Å². The topological polar surface area (TPSA) is 32.3 Å². The highest BCUT2D eigenvalue weighted by Crippen LogP contribution is 2.44. The maximum atomic E-state index is 12.5. The number of carbonyl (C=O) groups is 1. The van der Waals surface area contributed by atoms with Crippen molar-refractivity contribution in [2.75, 3.05) is 12.8 Å². The Kier molecular flexibility index (Phi) is 3.24. The Balaban J connectivity index is 2.15. The minimum Gasteiger partial charge on any atom is -0.324 e. The lowest BCUT2D eigenvalue weighted by Crippen LogP contribution is -2.46. The smallest absolute Gasteiger partial charge is 0.244 e. The third-order valence-electron chi connectivity index (χ3n) is 3.92.